The first-order chi connectivity index (χ1) is 8.33. The molecule has 0 amide bonds. The summed E-state index contributed by atoms with van der Waals surface area (Å²) >= 11 is 0. The molecule has 0 spiro atoms. The Morgan fingerprint density at radius 1 is 1.22 bits per heavy atom. The number of aliphatic hydroxyl groups is 2. The predicted molar refractivity (Wildman–Crippen MR) is 73.3 cm³/mol. The van der Waals surface area contributed by atoms with Crippen LogP contribution in [0.3, 0.4) is 0 Å². The molecule has 2 saturated carbocycles. The quantitative estimate of drug-likeness (QED) is 0.703. The minimum Gasteiger partial charge on any atom is -0.394 e. The summed E-state index contributed by atoms with van der Waals surface area (Å²) in [4.78, 5) is 0. The Morgan fingerprint density at radius 2 is 1.83 bits per heavy atom. The highest BCUT2D eigenvalue weighted by molar-refractivity contribution is 5.13. The predicted octanol–water partition coefficient (Wildman–Crippen LogP) is 1.92. The van der Waals surface area contributed by atoms with Gasteiger partial charge in [0.05, 0.1) is 18.8 Å². The van der Waals surface area contributed by atoms with Gasteiger partial charge in [-0.3, -0.25) is 0 Å². The number of fused-ring (bicyclic) bond motifs is 2. The lowest BCUT2D eigenvalue weighted by atomic mass is 9.67. The van der Waals surface area contributed by atoms with E-state index in [9.17, 15) is 10.2 Å². The maximum absolute atomic E-state index is 9.64. The van der Waals surface area contributed by atoms with E-state index < -0.39 is 5.54 Å². The second kappa shape index (κ2) is 4.46. The van der Waals surface area contributed by atoms with Crippen molar-refractivity contribution in [1.82, 2.24) is 5.32 Å². The zero-order valence-electron chi connectivity index (χ0n) is 12.3. The third-order valence-electron chi connectivity index (χ3n) is 6.00. The first-order valence-electron chi connectivity index (χ1n) is 7.33. The topological polar surface area (TPSA) is 52.5 Å². The van der Waals surface area contributed by atoms with Gasteiger partial charge in [0.25, 0.3) is 0 Å². The molecule has 18 heavy (non-hydrogen) atoms. The van der Waals surface area contributed by atoms with Crippen molar-refractivity contribution in [3.63, 3.8) is 0 Å². The van der Waals surface area contributed by atoms with Crippen LogP contribution in [-0.4, -0.2) is 35.0 Å². The van der Waals surface area contributed by atoms with Gasteiger partial charge in [0, 0.05) is 6.04 Å². The Kier molecular flexibility index (Phi) is 3.54. The Labute approximate surface area is 111 Å². The first kappa shape index (κ1) is 14.3. The summed E-state index contributed by atoms with van der Waals surface area (Å²) in [5.41, 5.74) is 0.0755. The number of hydrogen-bond donors (Lipinski definition) is 3. The van der Waals surface area contributed by atoms with E-state index in [1.807, 2.05) is 6.92 Å². The average molecular weight is 255 g/mol. The molecule has 3 nitrogen and oxygen atoms in total. The second-order valence-electron chi connectivity index (χ2n) is 7.44. The Balaban J connectivity index is 2.22. The SMILES string of the molecule is CCC(CO)(CO)NC1C2(C)CCC(C2)C1(C)C. The highest BCUT2D eigenvalue weighted by Gasteiger charge is 2.60. The fraction of sp³-hybridized carbons (Fsp3) is 1.00. The van der Waals surface area contributed by atoms with Crippen LogP contribution < -0.4 is 5.32 Å². The van der Waals surface area contributed by atoms with Gasteiger partial charge in [-0.05, 0) is 42.4 Å². The van der Waals surface area contributed by atoms with Gasteiger partial charge in [-0.25, -0.2) is 0 Å². The monoisotopic (exact) mass is 255 g/mol. The molecule has 2 rings (SSSR count). The van der Waals surface area contributed by atoms with Gasteiger partial charge in [0.1, 0.15) is 0 Å². The molecule has 3 heteroatoms. The Morgan fingerprint density at radius 3 is 2.22 bits per heavy atom. The number of aliphatic hydroxyl groups excluding tert-OH is 2. The molecule has 2 aliphatic carbocycles. The lowest BCUT2D eigenvalue weighted by Crippen LogP contribution is -2.62. The Bertz CT molecular complexity index is 299. The third kappa shape index (κ3) is 1.91. The standard InChI is InChI=1S/C15H29NO2/c1-5-15(9-17,10-18)16-12-13(2,3)11-6-7-14(12,4)8-11/h11-12,16-18H,5-10H2,1-4H3. The normalized spacial score (nSPS) is 38.3. The summed E-state index contributed by atoms with van der Waals surface area (Å²) < 4.78 is 0. The molecule has 2 fully saturated rings. The van der Waals surface area contributed by atoms with Crippen LogP contribution in [0.15, 0.2) is 0 Å². The molecule has 0 heterocycles. The van der Waals surface area contributed by atoms with E-state index in [4.69, 9.17) is 0 Å². The van der Waals surface area contributed by atoms with Crippen LogP contribution >= 0.6 is 0 Å². The van der Waals surface area contributed by atoms with E-state index in [0.717, 1.165) is 12.3 Å². The van der Waals surface area contributed by atoms with E-state index in [2.05, 4.69) is 26.1 Å². The molecular weight excluding hydrogens is 226 g/mol. The van der Waals surface area contributed by atoms with Gasteiger partial charge in [-0.1, -0.05) is 27.7 Å². The van der Waals surface area contributed by atoms with E-state index in [-0.39, 0.29) is 18.6 Å². The molecule has 2 aliphatic rings. The summed E-state index contributed by atoms with van der Waals surface area (Å²) in [5.74, 6) is 0.784. The van der Waals surface area contributed by atoms with Crippen molar-refractivity contribution in [2.75, 3.05) is 13.2 Å². The van der Waals surface area contributed by atoms with Crippen molar-refractivity contribution in [2.45, 2.75) is 65.0 Å². The van der Waals surface area contributed by atoms with Crippen LogP contribution in [0.4, 0.5) is 0 Å². The molecule has 3 unspecified atom stereocenters. The number of hydrogen-bond acceptors (Lipinski definition) is 3. The highest BCUT2D eigenvalue weighted by Crippen LogP contribution is 2.62. The highest BCUT2D eigenvalue weighted by atomic mass is 16.3. The molecule has 0 aliphatic heterocycles. The number of rotatable bonds is 5. The van der Waals surface area contributed by atoms with E-state index in [1.165, 1.54) is 19.3 Å². The maximum Gasteiger partial charge on any atom is 0.0648 e. The fourth-order valence-corrected chi connectivity index (χ4v) is 4.44. The molecule has 3 N–H and O–H groups in total. The van der Waals surface area contributed by atoms with Crippen LogP contribution in [-0.2, 0) is 0 Å². The second-order valence-corrected chi connectivity index (χ2v) is 7.44. The molecule has 0 aromatic rings. The van der Waals surface area contributed by atoms with Crippen LogP contribution in [0.2, 0.25) is 0 Å². The average Bonchev–Trinajstić information content (AvgIpc) is 2.82. The molecule has 106 valence electrons. The molecular formula is C15H29NO2. The lowest BCUT2D eigenvalue weighted by molar-refractivity contribution is 0.0222. The van der Waals surface area contributed by atoms with E-state index in [1.54, 1.807) is 0 Å². The van der Waals surface area contributed by atoms with Gasteiger partial charge in [0.15, 0.2) is 0 Å². The van der Waals surface area contributed by atoms with Gasteiger partial charge < -0.3 is 15.5 Å². The van der Waals surface area contributed by atoms with Crippen LogP contribution in [0.5, 0.6) is 0 Å². The molecule has 0 aromatic carbocycles. The van der Waals surface area contributed by atoms with E-state index in [0.29, 0.717) is 11.5 Å². The fourth-order valence-electron chi connectivity index (χ4n) is 4.44. The maximum atomic E-state index is 9.64. The molecule has 3 atom stereocenters. The van der Waals surface area contributed by atoms with Crippen molar-refractivity contribution in [2.24, 2.45) is 16.7 Å². The third-order valence-corrected chi connectivity index (χ3v) is 6.00. The van der Waals surface area contributed by atoms with Gasteiger partial charge in [-0.2, -0.15) is 0 Å². The van der Waals surface area contributed by atoms with Crippen LogP contribution in [0.1, 0.15) is 53.4 Å². The van der Waals surface area contributed by atoms with E-state index >= 15 is 0 Å². The van der Waals surface area contributed by atoms with Gasteiger partial charge in [-0.15, -0.1) is 0 Å². The minimum atomic E-state index is -0.518. The van der Waals surface area contributed by atoms with Crippen molar-refractivity contribution >= 4 is 0 Å². The van der Waals surface area contributed by atoms with Crippen molar-refractivity contribution in [1.29, 1.82) is 0 Å². The van der Waals surface area contributed by atoms with Crippen LogP contribution in [0.25, 0.3) is 0 Å². The van der Waals surface area contributed by atoms with Crippen molar-refractivity contribution < 1.29 is 10.2 Å². The van der Waals surface area contributed by atoms with Gasteiger partial charge in [0.2, 0.25) is 0 Å². The molecule has 0 aromatic heterocycles. The molecule has 2 bridgehead atoms. The van der Waals surface area contributed by atoms with Crippen molar-refractivity contribution in [3.8, 4) is 0 Å². The molecule has 0 saturated heterocycles. The first-order valence-corrected chi connectivity index (χ1v) is 7.33. The Hall–Kier alpha value is -0.120. The summed E-state index contributed by atoms with van der Waals surface area (Å²) in [7, 11) is 0. The number of nitrogens with one attached hydrogen (secondary N) is 1. The largest absolute Gasteiger partial charge is 0.394 e. The zero-order chi connectivity index (χ0) is 13.6. The minimum absolute atomic E-state index is 0.00727. The lowest BCUT2D eigenvalue weighted by Gasteiger charge is -2.48. The summed E-state index contributed by atoms with van der Waals surface area (Å²) in [6, 6.07) is 0.392. The van der Waals surface area contributed by atoms with Crippen molar-refractivity contribution in [3.05, 3.63) is 0 Å². The van der Waals surface area contributed by atoms with Gasteiger partial charge >= 0.3 is 0 Å². The zero-order valence-corrected chi connectivity index (χ0v) is 12.3. The summed E-state index contributed by atoms with van der Waals surface area (Å²) in [6.45, 7) is 9.10. The smallest absolute Gasteiger partial charge is 0.0648 e. The van der Waals surface area contributed by atoms with Crippen LogP contribution in [0, 0.1) is 16.7 Å². The summed E-state index contributed by atoms with van der Waals surface area (Å²) in [5, 5.41) is 22.9. The summed E-state index contributed by atoms with van der Waals surface area (Å²) in [6.07, 6.45) is 4.65. The molecule has 0 radical (unpaired) electrons.